The Labute approximate surface area is 178 Å². The number of amides is 1. The Balaban J connectivity index is 1.78. The van der Waals surface area contributed by atoms with Gasteiger partial charge < -0.3 is 14.4 Å². The maximum absolute atomic E-state index is 13.1. The van der Waals surface area contributed by atoms with Crippen molar-refractivity contribution < 1.29 is 22.7 Å². The standard InChI is InChI=1S/C22H28N2O5S/c1-4-29-18-8-7-15-24(16-18)22(25)17-11-13-19(14-12-17)30(26,27)23(2)20-9-5-6-10-21(20)28-3/h5-6,9-14,18H,4,7-8,15-16H2,1-3H3. The van der Waals surface area contributed by atoms with Crippen LogP contribution < -0.4 is 9.04 Å². The van der Waals surface area contributed by atoms with Gasteiger partial charge in [0.2, 0.25) is 0 Å². The summed E-state index contributed by atoms with van der Waals surface area (Å²) in [6.45, 7) is 3.81. The van der Waals surface area contributed by atoms with Gasteiger partial charge in [-0.3, -0.25) is 9.10 Å². The summed E-state index contributed by atoms with van der Waals surface area (Å²) < 4.78 is 38.2. The summed E-state index contributed by atoms with van der Waals surface area (Å²) in [4.78, 5) is 14.7. The first-order chi connectivity index (χ1) is 14.4. The van der Waals surface area contributed by atoms with Gasteiger partial charge >= 0.3 is 0 Å². The first-order valence-corrected chi connectivity index (χ1v) is 11.5. The fourth-order valence-electron chi connectivity index (χ4n) is 3.62. The van der Waals surface area contributed by atoms with E-state index in [0.29, 0.717) is 36.7 Å². The van der Waals surface area contributed by atoms with E-state index in [1.807, 2.05) is 6.92 Å². The van der Waals surface area contributed by atoms with Crippen molar-refractivity contribution in [1.82, 2.24) is 4.90 Å². The number of para-hydroxylation sites is 2. The molecule has 162 valence electrons. The van der Waals surface area contributed by atoms with Gasteiger partial charge in [0.25, 0.3) is 15.9 Å². The molecule has 1 heterocycles. The molecule has 1 saturated heterocycles. The molecule has 1 aliphatic heterocycles. The molecule has 1 atom stereocenters. The fourth-order valence-corrected chi connectivity index (χ4v) is 4.83. The predicted octanol–water partition coefficient (Wildman–Crippen LogP) is 3.16. The van der Waals surface area contributed by atoms with E-state index in [4.69, 9.17) is 9.47 Å². The van der Waals surface area contributed by atoms with E-state index in [0.717, 1.165) is 12.8 Å². The van der Waals surface area contributed by atoms with Crippen LogP contribution in [0.4, 0.5) is 5.69 Å². The van der Waals surface area contributed by atoms with E-state index in [2.05, 4.69) is 0 Å². The lowest BCUT2D eigenvalue weighted by Crippen LogP contribution is -2.43. The Morgan fingerprint density at radius 1 is 1.17 bits per heavy atom. The molecule has 8 heteroatoms. The summed E-state index contributed by atoms with van der Waals surface area (Å²) in [5.41, 5.74) is 0.904. The van der Waals surface area contributed by atoms with Crippen molar-refractivity contribution in [1.29, 1.82) is 0 Å². The molecule has 0 saturated carbocycles. The number of benzene rings is 2. The van der Waals surface area contributed by atoms with Gasteiger partial charge in [0, 0.05) is 32.3 Å². The number of hydrogen-bond acceptors (Lipinski definition) is 5. The summed E-state index contributed by atoms with van der Waals surface area (Å²) in [7, 11) is -0.823. The van der Waals surface area contributed by atoms with Crippen LogP contribution in [-0.4, -0.2) is 59.2 Å². The van der Waals surface area contributed by atoms with Gasteiger partial charge in [-0.15, -0.1) is 0 Å². The van der Waals surface area contributed by atoms with Crippen LogP contribution >= 0.6 is 0 Å². The Morgan fingerprint density at radius 2 is 1.87 bits per heavy atom. The number of rotatable bonds is 7. The number of carbonyl (C=O) groups is 1. The third-order valence-corrected chi connectivity index (χ3v) is 7.04. The van der Waals surface area contributed by atoms with Crippen LogP contribution in [0.5, 0.6) is 5.75 Å². The second kappa shape index (κ2) is 9.49. The van der Waals surface area contributed by atoms with E-state index in [-0.39, 0.29) is 16.9 Å². The number of ether oxygens (including phenoxy) is 2. The Bertz CT molecular complexity index is 973. The quantitative estimate of drug-likeness (QED) is 0.672. The number of carbonyl (C=O) groups excluding carboxylic acids is 1. The van der Waals surface area contributed by atoms with Crippen LogP contribution in [0.2, 0.25) is 0 Å². The first kappa shape index (κ1) is 22.1. The molecule has 1 unspecified atom stereocenters. The Hall–Kier alpha value is -2.58. The van der Waals surface area contributed by atoms with Gasteiger partial charge in [0.05, 0.1) is 23.8 Å². The molecule has 0 aliphatic carbocycles. The van der Waals surface area contributed by atoms with Crippen LogP contribution in [0.1, 0.15) is 30.1 Å². The average molecular weight is 433 g/mol. The molecule has 1 aliphatic rings. The second-order valence-electron chi connectivity index (χ2n) is 7.14. The smallest absolute Gasteiger partial charge is 0.264 e. The molecule has 0 bridgehead atoms. The molecule has 1 amide bonds. The van der Waals surface area contributed by atoms with Crippen molar-refractivity contribution in [3.8, 4) is 5.75 Å². The van der Waals surface area contributed by atoms with Crippen LogP contribution in [0.25, 0.3) is 0 Å². The number of nitrogens with zero attached hydrogens (tertiary/aromatic N) is 2. The number of sulfonamides is 1. The monoisotopic (exact) mass is 432 g/mol. The maximum Gasteiger partial charge on any atom is 0.264 e. The highest BCUT2D eigenvalue weighted by molar-refractivity contribution is 7.92. The topological polar surface area (TPSA) is 76.2 Å². The van der Waals surface area contributed by atoms with Gasteiger partial charge in [0.15, 0.2) is 0 Å². The van der Waals surface area contributed by atoms with Crippen LogP contribution in [0.15, 0.2) is 53.4 Å². The van der Waals surface area contributed by atoms with Gasteiger partial charge in [-0.05, 0) is 56.2 Å². The highest BCUT2D eigenvalue weighted by Crippen LogP contribution is 2.31. The summed E-state index contributed by atoms with van der Waals surface area (Å²) in [5.74, 6) is 0.353. The molecule has 30 heavy (non-hydrogen) atoms. The fraction of sp³-hybridized carbons (Fsp3) is 0.409. The zero-order valence-electron chi connectivity index (χ0n) is 17.6. The molecule has 3 rings (SSSR count). The number of likely N-dealkylation sites (tertiary alicyclic amines) is 1. The lowest BCUT2D eigenvalue weighted by Gasteiger charge is -2.32. The zero-order valence-corrected chi connectivity index (χ0v) is 18.4. The van der Waals surface area contributed by atoms with E-state index < -0.39 is 10.0 Å². The van der Waals surface area contributed by atoms with Crippen molar-refractivity contribution >= 4 is 21.6 Å². The lowest BCUT2D eigenvalue weighted by atomic mass is 10.1. The summed E-state index contributed by atoms with van der Waals surface area (Å²) >= 11 is 0. The molecule has 0 aromatic heterocycles. The number of piperidine rings is 1. The van der Waals surface area contributed by atoms with Gasteiger partial charge in [-0.1, -0.05) is 12.1 Å². The van der Waals surface area contributed by atoms with Crippen LogP contribution in [0, 0.1) is 0 Å². The molecule has 2 aromatic rings. The first-order valence-electron chi connectivity index (χ1n) is 10.0. The second-order valence-corrected chi connectivity index (χ2v) is 9.11. The van der Waals surface area contributed by atoms with Gasteiger partial charge in [0.1, 0.15) is 5.75 Å². The third-order valence-electron chi connectivity index (χ3n) is 5.25. The SMILES string of the molecule is CCOC1CCCN(C(=O)c2ccc(S(=O)(=O)N(C)c3ccccc3OC)cc2)C1. The molecule has 2 aromatic carbocycles. The largest absolute Gasteiger partial charge is 0.495 e. The minimum absolute atomic E-state index is 0.0573. The molecular formula is C22H28N2O5S. The van der Waals surface area contributed by atoms with Crippen molar-refractivity contribution in [3.05, 3.63) is 54.1 Å². The summed E-state index contributed by atoms with van der Waals surface area (Å²) in [5, 5.41) is 0. The lowest BCUT2D eigenvalue weighted by molar-refractivity contribution is 0.00724. The van der Waals surface area contributed by atoms with E-state index in [9.17, 15) is 13.2 Å². The normalized spacial score (nSPS) is 16.9. The van der Waals surface area contributed by atoms with Crippen LogP contribution in [-0.2, 0) is 14.8 Å². The minimum Gasteiger partial charge on any atom is -0.495 e. The highest BCUT2D eigenvalue weighted by Gasteiger charge is 2.27. The number of hydrogen-bond donors (Lipinski definition) is 0. The van der Waals surface area contributed by atoms with Crippen molar-refractivity contribution in [2.45, 2.75) is 30.8 Å². The Morgan fingerprint density at radius 3 is 2.53 bits per heavy atom. The molecular weight excluding hydrogens is 404 g/mol. The maximum atomic E-state index is 13.1. The van der Waals surface area contributed by atoms with Crippen molar-refractivity contribution in [2.75, 3.05) is 38.2 Å². The minimum atomic E-state index is -3.80. The number of anilines is 1. The highest BCUT2D eigenvalue weighted by atomic mass is 32.2. The number of methoxy groups -OCH3 is 1. The molecule has 7 nitrogen and oxygen atoms in total. The molecule has 0 radical (unpaired) electrons. The van der Waals surface area contributed by atoms with Crippen LogP contribution in [0.3, 0.4) is 0 Å². The van der Waals surface area contributed by atoms with Gasteiger partial charge in [-0.2, -0.15) is 0 Å². The van der Waals surface area contributed by atoms with Gasteiger partial charge in [-0.25, -0.2) is 8.42 Å². The van der Waals surface area contributed by atoms with Crippen molar-refractivity contribution in [3.63, 3.8) is 0 Å². The average Bonchev–Trinajstić information content (AvgIpc) is 2.78. The molecule has 1 fully saturated rings. The predicted molar refractivity (Wildman–Crippen MR) is 116 cm³/mol. The van der Waals surface area contributed by atoms with E-state index >= 15 is 0 Å². The molecule has 0 spiro atoms. The third kappa shape index (κ3) is 4.60. The van der Waals surface area contributed by atoms with E-state index in [1.54, 1.807) is 41.3 Å². The van der Waals surface area contributed by atoms with E-state index in [1.165, 1.54) is 30.6 Å². The van der Waals surface area contributed by atoms with Crippen molar-refractivity contribution in [2.24, 2.45) is 0 Å². The zero-order chi connectivity index (χ0) is 21.7. The molecule has 0 N–H and O–H groups in total. The Kier molecular flexibility index (Phi) is 6.99. The summed E-state index contributed by atoms with van der Waals surface area (Å²) in [6, 6.07) is 13.0. The summed E-state index contributed by atoms with van der Waals surface area (Å²) in [6.07, 6.45) is 1.90.